The van der Waals surface area contributed by atoms with Crippen LogP contribution in [0.5, 0.6) is 0 Å². The van der Waals surface area contributed by atoms with Crippen molar-refractivity contribution < 1.29 is 4.79 Å². The summed E-state index contributed by atoms with van der Waals surface area (Å²) in [6, 6.07) is 9.52. The first kappa shape index (κ1) is 16.4. The van der Waals surface area contributed by atoms with Crippen molar-refractivity contribution in [2.75, 3.05) is 0 Å². The fourth-order valence-electron chi connectivity index (χ4n) is 0.726. The largest absolute Gasteiger partial charge is 0.276 e. The Labute approximate surface area is 97.8 Å². The maximum absolute atomic E-state index is 10.3. The van der Waals surface area contributed by atoms with Crippen LogP contribution in [0.2, 0.25) is 0 Å². The highest BCUT2D eigenvalue weighted by Gasteiger charge is 1.85. The number of carbonyl (C=O) groups excluding carboxylic acids is 1. The van der Waals surface area contributed by atoms with Gasteiger partial charge in [0.2, 0.25) is 5.24 Å². The molecule has 1 aromatic carbocycles. The third-order valence-electron chi connectivity index (χ3n) is 1.21. The van der Waals surface area contributed by atoms with Crippen LogP contribution in [0.4, 0.5) is 0 Å². The molecule has 0 fully saturated rings. The first-order valence-corrected chi connectivity index (χ1v) is 5.59. The van der Waals surface area contributed by atoms with Gasteiger partial charge in [-0.15, -0.1) is 0 Å². The number of rotatable bonds is 2. The van der Waals surface area contributed by atoms with Crippen molar-refractivity contribution >= 4 is 22.9 Å². The van der Waals surface area contributed by atoms with E-state index >= 15 is 0 Å². The first-order chi connectivity index (χ1) is 7.29. The van der Waals surface area contributed by atoms with Gasteiger partial charge >= 0.3 is 0 Å². The van der Waals surface area contributed by atoms with Crippen LogP contribution in [-0.4, -0.2) is 5.24 Å². The molecule has 1 rings (SSSR count). The minimum Gasteiger partial charge on any atom is -0.276 e. The van der Waals surface area contributed by atoms with E-state index in [4.69, 9.17) is 11.6 Å². The standard InChI is InChI=1S/C9H7ClO.2C2H6/c10-9(11)7-6-8-4-2-1-3-5-8;2*1-2/h1-7H;2*1-2H3/b7-6+;;. The highest BCUT2D eigenvalue weighted by Crippen LogP contribution is 2.01. The van der Waals surface area contributed by atoms with Gasteiger partial charge in [0.05, 0.1) is 0 Å². The maximum Gasteiger partial charge on any atom is 0.245 e. The molecule has 0 saturated heterocycles. The third kappa shape index (κ3) is 10.8. The Balaban J connectivity index is 0. The molecule has 0 saturated carbocycles. The van der Waals surface area contributed by atoms with E-state index in [1.807, 2.05) is 58.0 Å². The number of hydrogen-bond donors (Lipinski definition) is 0. The molecular weight excluding hydrogens is 208 g/mol. The van der Waals surface area contributed by atoms with Gasteiger partial charge in [0.25, 0.3) is 0 Å². The average molecular weight is 227 g/mol. The molecule has 0 radical (unpaired) electrons. The topological polar surface area (TPSA) is 17.1 Å². The Morgan fingerprint density at radius 2 is 1.53 bits per heavy atom. The molecule has 0 aliphatic heterocycles. The van der Waals surface area contributed by atoms with Gasteiger partial charge in [0.15, 0.2) is 0 Å². The molecule has 2 heteroatoms. The van der Waals surface area contributed by atoms with Gasteiger partial charge in [-0.05, 0) is 23.2 Å². The molecular formula is C13H19ClO. The van der Waals surface area contributed by atoms with Gasteiger partial charge in [-0.2, -0.15) is 0 Å². The highest BCUT2D eigenvalue weighted by molar-refractivity contribution is 6.66. The molecule has 15 heavy (non-hydrogen) atoms. The van der Waals surface area contributed by atoms with Crippen molar-refractivity contribution in [2.24, 2.45) is 0 Å². The lowest BCUT2D eigenvalue weighted by Crippen LogP contribution is -1.75. The lowest BCUT2D eigenvalue weighted by Gasteiger charge is -1.87. The van der Waals surface area contributed by atoms with Crippen LogP contribution in [-0.2, 0) is 4.79 Å². The molecule has 0 atom stereocenters. The molecule has 0 bridgehead atoms. The second kappa shape index (κ2) is 12.9. The van der Waals surface area contributed by atoms with Gasteiger partial charge < -0.3 is 0 Å². The quantitative estimate of drug-likeness (QED) is 0.535. The number of allylic oxidation sites excluding steroid dienone is 1. The summed E-state index contributed by atoms with van der Waals surface area (Å²) < 4.78 is 0. The molecule has 1 aromatic rings. The Kier molecular flexibility index (Phi) is 14.1. The van der Waals surface area contributed by atoms with Gasteiger partial charge in [-0.1, -0.05) is 64.1 Å². The Hall–Kier alpha value is -1.08. The Morgan fingerprint density at radius 3 is 1.93 bits per heavy atom. The summed E-state index contributed by atoms with van der Waals surface area (Å²) in [4.78, 5) is 10.3. The summed E-state index contributed by atoms with van der Waals surface area (Å²) in [7, 11) is 0. The van der Waals surface area contributed by atoms with Crippen molar-refractivity contribution in [1.82, 2.24) is 0 Å². The SMILES string of the molecule is CC.CC.O=C(Cl)/C=C/c1ccccc1. The van der Waals surface area contributed by atoms with E-state index in [9.17, 15) is 4.79 Å². The Bertz CT molecular complexity index is 265. The van der Waals surface area contributed by atoms with Crippen LogP contribution >= 0.6 is 11.6 Å². The van der Waals surface area contributed by atoms with Crippen molar-refractivity contribution in [1.29, 1.82) is 0 Å². The van der Waals surface area contributed by atoms with E-state index in [0.717, 1.165) is 5.56 Å². The zero-order valence-corrected chi connectivity index (χ0v) is 10.6. The zero-order chi connectivity index (χ0) is 12.1. The summed E-state index contributed by atoms with van der Waals surface area (Å²) in [6.07, 6.45) is 3.01. The monoisotopic (exact) mass is 226 g/mol. The van der Waals surface area contributed by atoms with E-state index in [1.54, 1.807) is 6.08 Å². The van der Waals surface area contributed by atoms with Gasteiger partial charge in [-0.3, -0.25) is 4.79 Å². The molecule has 0 spiro atoms. The van der Waals surface area contributed by atoms with Crippen LogP contribution in [0.3, 0.4) is 0 Å². The second-order valence-electron chi connectivity index (χ2n) is 2.05. The van der Waals surface area contributed by atoms with Crippen molar-refractivity contribution in [3.05, 3.63) is 42.0 Å². The van der Waals surface area contributed by atoms with Crippen LogP contribution in [0, 0.1) is 0 Å². The molecule has 1 nitrogen and oxygen atoms in total. The van der Waals surface area contributed by atoms with Gasteiger partial charge in [0.1, 0.15) is 0 Å². The Morgan fingerprint density at radius 1 is 1.07 bits per heavy atom. The van der Waals surface area contributed by atoms with Crippen LogP contribution in [0.1, 0.15) is 33.3 Å². The van der Waals surface area contributed by atoms with Crippen molar-refractivity contribution in [3.63, 3.8) is 0 Å². The lowest BCUT2D eigenvalue weighted by atomic mass is 10.2. The number of halogens is 1. The number of hydrogen-bond acceptors (Lipinski definition) is 1. The smallest absolute Gasteiger partial charge is 0.245 e. The van der Waals surface area contributed by atoms with Crippen LogP contribution < -0.4 is 0 Å². The summed E-state index contributed by atoms with van der Waals surface area (Å²) in [6.45, 7) is 8.00. The molecule has 0 N–H and O–H groups in total. The molecule has 0 unspecified atom stereocenters. The summed E-state index contributed by atoms with van der Waals surface area (Å²) in [5.41, 5.74) is 0.974. The van der Waals surface area contributed by atoms with Crippen molar-refractivity contribution in [2.45, 2.75) is 27.7 Å². The summed E-state index contributed by atoms with van der Waals surface area (Å²) in [5, 5.41) is -0.450. The summed E-state index contributed by atoms with van der Waals surface area (Å²) >= 11 is 5.10. The molecule has 0 amide bonds. The second-order valence-corrected chi connectivity index (χ2v) is 2.42. The summed E-state index contributed by atoms with van der Waals surface area (Å²) in [5.74, 6) is 0. The van der Waals surface area contributed by atoms with Gasteiger partial charge in [0, 0.05) is 0 Å². The van der Waals surface area contributed by atoms with Crippen molar-refractivity contribution in [3.8, 4) is 0 Å². The lowest BCUT2D eigenvalue weighted by molar-refractivity contribution is -0.107. The predicted molar refractivity (Wildman–Crippen MR) is 69.0 cm³/mol. The molecule has 84 valence electrons. The number of benzene rings is 1. The van der Waals surface area contributed by atoms with Gasteiger partial charge in [-0.25, -0.2) is 0 Å². The normalized spacial score (nSPS) is 8.33. The number of carbonyl (C=O) groups is 1. The fourth-order valence-corrected chi connectivity index (χ4v) is 0.789. The zero-order valence-electron chi connectivity index (χ0n) is 9.83. The van der Waals surface area contributed by atoms with Crippen LogP contribution in [0.15, 0.2) is 36.4 Å². The first-order valence-electron chi connectivity index (χ1n) is 5.21. The van der Waals surface area contributed by atoms with E-state index in [0.29, 0.717) is 0 Å². The maximum atomic E-state index is 10.3. The molecule has 0 heterocycles. The molecule has 0 aliphatic carbocycles. The highest BCUT2D eigenvalue weighted by atomic mass is 35.5. The molecule has 0 aromatic heterocycles. The average Bonchev–Trinajstić information content (AvgIpc) is 2.33. The molecule has 0 aliphatic rings. The van der Waals surface area contributed by atoms with E-state index in [-0.39, 0.29) is 0 Å². The predicted octanol–water partition coefficient (Wildman–Crippen LogP) is 4.52. The minimum absolute atomic E-state index is 0.450. The van der Waals surface area contributed by atoms with Crippen LogP contribution in [0.25, 0.3) is 6.08 Å². The van der Waals surface area contributed by atoms with E-state index < -0.39 is 5.24 Å². The fraction of sp³-hybridized carbons (Fsp3) is 0.308. The van der Waals surface area contributed by atoms with E-state index in [1.165, 1.54) is 6.08 Å². The third-order valence-corrected chi connectivity index (χ3v) is 1.33. The van der Waals surface area contributed by atoms with E-state index in [2.05, 4.69) is 0 Å². The minimum atomic E-state index is -0.450.